The highest BCUT2D eigenvalue weighted by molar-refractivity contribution is 6.08. The van der Waals surface area contributed by atoms with Crippen LogP contribution >= 0.6 is 0 Å². The molecule has 5 heterocycles. The summed E-state index contributed by atoms with van der Waals surface area (Å²) in [6.45, 7) is 21.2. The van der Waals surface area contributed by atoms with Crippen LogP contribution < -0.4 is 27.0 Å². The first-order chi connectivity index (χ1) is 26.5. The Balaban J connectivity index is 0.000000187. The Kier molecular flexibility index (Phi) is 14.5. The number of nitrogens with one attached hydrogen (secondary N) is 4. The SMILES string of the molecule is CC(=O)Nc1ncnc2c1ncn2C1C(C)C1C.CCC(C)N1C=NC2C(=O)NC(NC(=O)C(C)C)=NC21.CCCC(C)n1ccc(NC(=O)C(C)C)nc1=O. The van der Waals surface area contributed by atoms with Gasteiger partial charge in [-0.15, -0.1) is 0 Å². The van der Waals surface area contributed by atoms with Crippen molar-refractivity contribution in [3.63, 3.8) is 0 Å². The molecule has 6 rings (SSSR count). The van der Waals surface area contributed by atoms with E-state index in [4.69, 9.17) is 0 Å². The maximum Gasteiger partial charge on any atom is 0.349 e. The first-order valence-corrected chi connectivity index (χ1v) is 19.3. The zero-order valence-corrected chi connectivity index (χ0v) is 34.3. The van der Waals surface area contributed by atoms with Crippen LogP contribution in [-0.2, 0) is 19.2 Å². The fourth-order valence-electron chi connectivity index (χ4n) is 6.18. The van der Waals surface area contributed by atoms with Crippen LogP contribution in [0.5, 0.6) is 0 Å². The molecule has 3 aromatic heterocycles. The van der Waals surface area contributed by atoms with Crippen LogP contribution in [0.1, 0.15) is 108 Å². The Bertz CT molecular complexity index is 2000. The highest BCUT2D eigenvalue weighted by atomic mass is 16.2. The molecule has 0 radical (unpaired) electrons. The number of amides is 4. The van der Waals surface area contributed by atoms with Gasteiger partial charge in [-0.05, 0) is 44.6 Å². The number of anilines is 2. The number of aliphatic imine (C=N–C) groups is 2. The summed E-state index contributed by atoms with van der Waals surface area (Å²) in [5, 5.41) is 10.5. The van der Waals surface area contributed by atoms with Crippen LogP contribution in [0.15, 0.2) is 39.7 Å². The van der Waals surface area contributed by atoms with Crippen molar-refractivity contribution in [2.24, 2.45) is 33.7 Å². The van der Waals surface area contributed by atoms with Crippen molar-refractivity contribution in [1.82, 2.24) is 44.6 Å². The third kappa shape index (κ3) is 10.4. The molecule has 3 aromatic rings. The average molecular weight is 776 g/mol. The number of carbonyl (C=O) groups is 4. The van der Waals surface area contributed by atoms with Crippen LogP contribution in [0, 0.1) is 23.7 Å². The molecular formula is C38H57N13O5. The van der Waals surface area contributed by atoms with Gasteiger partial charge in [0.2, 0.25) is 23.7 Å². The lowest BCUT2D eigenvalue weighted by molar-refractivity contribution is -0.123. The Morgan fingerprint density at radius 1 is 0.893 bits per heavy atom. The van der Waals surface area contributed by atoms with Gasteiger partial charge in [0, 0.05) is 43.1 Å². The van der Waals surface area contributed by atoms with Gasteiger partial charge >= 0.3 is 5.69 Å². The number of hydrogen-bond acceptors (Lipinski definition) is 12. The van der Waals surface area contributed by atoms with Gasteiger partial charge in [-0.25, -0.2) is 24.7 Å². The maximum atomic E-state index is 12.0. The standard InChI is InChI=1S/C13H21N5O2.C13H21N3O2.C12H15N5O/c1-5-8(4)18-6-14-9-10(18)15-13(17-12(9)20)16-11(19)7(2)3;1-5-6-10(4)16-8-7-11(15-13(16)18)14-12(17)9(2)3;1-6-7(2)10(6)17-5-15-9-11(16-8(3)18)13-4-14-12(9)17/h6-10H,5H2,1-4H3,(H2,15,16,17,19,20);7-10H,5-6H2,1-4H3,(H,14,15,17,18);4-7,10H,1-3H3,(H,13,14,16,18). The predicted molar refractivity (Wildman–Crippen MR) is 215 cm³/mol. The highest BCUT2D eigenvalue weighted by Crippen LogP contribution is 2.50. The third-order valence-corrected chi connectivity index (χ3v) is 10.1. The minimum Gasteiger partial charge on any atom is -0.336 e. The Morgan fingerprint density at radius 2 is 1.55 bits per heavy atom. The fraction of sp³-hybridized carbons (Fsp3) is 0.605. The summed E-state index contributed by atoms with van der Waals surface area (Å²) in [6.07, 6.45) is 9.13. The van der Waals surface area contributed by atoms with E-state index in [-0.39, 0.29) is 65.4 Å². The molecule has 1 fully saturated rings. The quantitative estimate of drug-likeness (QED) is 0.233. The number of guanidine groups is 1. The smallest absolute Gasteiger partial charge is 0.336 e. The third-order valence-electron chi connectivity index (χ3n) is 10.1. The predicted octanol–water partition coefficient (Wildman–Crippen LogP) is 3.89. The molecule has 2 aliphatic heterocycles. The molecule has 0 bridgehead atoms. The summed E-state index contributed by atoms with van der Waals surface area (Å²) in [6, 6.07) is 1.96. The molecule has 3 aliphatic rings. The normalized spacial score (nSPS) is 21.8. The summed E-state index contributed by atoms with van der Waals surface area (Å²) in [5.74, 6) is 1.30. The summed E-state index contributed by atoms with van der Waals surface area (Å²) in [5.41, 5.74) is 1.12. The monoisotopic (exact) mass is 775 g/mol. The van der Waals surface area contributed by atoms with Gasteiger partial charge in [0.15, 0.2) is 29.2 Å². The van der Waals surface area contributed by atoms with Crippen molar-refractivity contribution < 1.29 is 19.2 Å². The van der Waals surface area contributed by atoms with E-state index in [1.54, 1.807) is 57.2 Å². The highest BCUT2D eigenvalue weighted by Gasteiger charge is 2.45. The van der Waals surface area contributed by atoms with Gasteiger partial charge in [-0.3, -0.25) is 39.4 Å². The molecule has 18 heteroatoms. The molecule has 0 spiro atoms. The van der Waals surface area contributed by atoms with E-state index in [2.05, 4.69) is 90.4 Å². The van der Waals surface area contributed by atoms with E-state index in [0.717, 1.165) is 24.9 Å². The average Bonchev–Trinajstić information content (AvgIpc) is 3.46. The fourth-order valence-corrected chi connectivity index (χ4v) is 6.18. The summed E-state index contributed by atoms with van der Waals surface area (Å²) < 4.78 is 3.67. The first-order valence-electron chi connectivity index (χ1n) is 19.3. The Morgan fingerprint density at radius 3 is 2.12 bits per heavy atom. The zero-order valence-electron chi connectivity index (χ0n) is 34.3. The number of fused-ring (bicyclic) bond motifs is 2. The van der Waals surface area contributed by atoms with Crippen molar-refractivity contribution in [2.45, 2.75) is 126 Å². The molecule has 4 amide bonds. The van der Waals surface area contributed by atoms with Gasteiger partial charge in [0.05, 0.1) is 12.7 Å². The molecule has 4 N–H and O–H groups in total. The van der Waals surface area contributed by atoms with Crippen LogP contribution in [0.4, 0.5) is 11.6 Å². The molecule has 1 aliphatic carbocycles. The Hall–Kier alpha value is -5.55. The number of aromatic nitrogens is 6. The van der Waals surface area contributed by atoms with Gasteiger partial charge in [-0.1, -0.05) is 61.8 Å². The van der Waals surface area contributed by atoms with Gasteiger partial charge in [-0.2, -0.15) is 4.98 Å². The molecule has 6 unspecified atom stereocenters. The maximum absolute atomic E-state index is 12.0. The van der Waals surface area contributed by atoms with E-state index in [9.17, 15) is 24.0 Å². The van der Waals surface area contributed by atoms with E-state index < -0.39 is 6.04 Å². The summed E-state index contributed by atoms with van der Waals surface area (Å²) in [4.78, 5) is 85.2. The van der Waals surface area contributed by atoms with E-state index in [0.29, 0.717) is 35.0 Å². The number of imidazole rings is 1. The molecule has 56 heavy (non-hydrogen) atoms. The van der Waals surface area contributed by atoms with Crippen molar-refractivity contribution in [2.75, 3.05) is 10.6 Å². The molecule has 304 valence electrons. The van der Waals surface area contributed by atoms with E-state index in [1.807, 2.05) is 11.8 Å². The topological polar surface area (TPSA) is 223 Å². The van der Waals surface area contributed by atoms with Crippen LogP contribution in [0.25, 0.3) is 11.2 Å². The van der Waals surface area contributed by atoms with Gasteiger partial charge < -0.3 is 20.1 Å². The lowest BCUT2D eigenvalue weighted by Gasteiger charge is -2.32. The number of hydrogen-bond donors (Lipinski definition) is 4. The minimum atomic E-state index is -0.524. The molecule has 1 saturated carbocycles. The number of nitrogens with zero attached hydrogens (tertiary/aromatic N) is 9. The largest absolute Gasteiger partial charge is 0.349 e. The van der Waals surface area contributed by atoms with Crippen LogP contribution in [0.2, 0.25) is 0 Å². The van der Waals surface area contributed by atoms with Crippen molar-refractivity contribution in [3.8, 4) is 0 Å². The van der Waals surface area contributed by atoms with Gasteiger partial charge in [0.25, 0.3) is 5.91 Å². The first kappa shape index (κ1) is 43.2. The molecular weight excluding hydrogens is 719 g/mol. The van der Waals surface area contributed by atoms with Crippen LogP contribution in [-0.4, -0.2) is 88.1 Å². The molecule has 18 nitrogen and oxygen atoms in total. The summed E-state index contributed by atoms with van der Waals surface area (Å²) >= 11 is 0. The second-order valence-electron chi connectivity index (χ2n) is 15.2. The summed E-state index contributed by atoms with van der Waals surface area (Å²) in [7, 11) is 0. The lowest BCUT2D eigenvalue weighted by atomic mass is 10.1. The molecule has 0 saturated heterocycles. The molecule has 6 atom stereocenters. The van der Waals surface area contributed by atoms with Gasteiger partial charge in [0.1, 0.15) is 12.1 Å². The van der Waals surface area contributed by atoms with Crippen molar-refractivity contribution in [3.05, 3.63) is 35.4 Å². The second-order valence-corrected chi connectivity index (χ2v) is 15.2. The number of carbonyl (C=O) groups excluding carboxylic acids is 4. The van der Waals surface area contributed by atoms with E-state index >= 15 is 0 Å². The lowest BCUT2D eigenvalue weighted by Crippen LogP contribution is -2.57. The van der Waals surface area contributed by atoms with Crippen LogP contribution in [0.3, 0.4) is 0 Å². The van der Waals surface area contributed by atoms with Crippen molar-refractivity contribution in [1.29, 1.82) is 0 Å². The van der Waals surface area contributed by atoms with E-state index in [1.165, 1.54) is 13.3 Å². The molecule has 0 aromatic carbocycles. The number of rotatable bonds is 10. The second kappa shape index (κ2) is 18.9. The minimum absolute atomic E-state index is 0.129. The zero-order chi connectivity index (χ0) is 41.4. The van der Waals surface area contributed by atoms with Crippen molar-refractivity contribution >= 4 is 58.7 Å². The Labute approximate surface area is 327 Å².